The molecule has 0 atom stereocenters. The van der Waals surface area contributed by atoms with E-state index in [0.717, 1.165) is 33.6 Å². The summed E-state index contributed by atoms with van der Waals surface area (Å²) in [6.07, 6.45) is 9.26. The molecule has 0 aliphatic carbocycles. The van der Waals surface area contributed by atoms with E-state index in [1.807, 2.05) is 44.8 Å². The van der Waals surface area contributed by atoms with Crippen LogP contribution in [-0.4, -0.2) is 24.5 Å². The smallest absolute Gasteiger partial charge is 0.153 e. The predicted octanol–water partition coefficient (Wildman–Crippen LogP) is 2.63. The van der Waals surface area contributed by atoms with Crippen LogP contribution >= 0.6 is 0 Å². The van der Waals surface area contributed by atoms with Crippen LogP contribution in [0.25, 0.3) is 33.6 Å². The maximum Gasteiger partial charge on any atom is 0.153 e. The Kier molecular flexibility index (Phi) is 2.44. The standard InChI is InChI=1S/C15H13N5O/c1-19-8-10(6-17-19)13-14-12(4-3-5-16-14)21-15(13)11-7-18-20(2)9-11/h3-9H,1-2H3. The van der Waals surface area contributed by atoms with Gasteiger partial charge in [0.05, 0.1) is 23.5 Å². The van der Waals surface area contributed by atoms with Gasteiger partial charge in [-0.1, -0.05) is 0 Å². The first-order chi connectivity index (χ1) is 10.2. The average molecular weight is 279 g/mol. The number of aromatic nitrogens is 5. The second kappa shape index (κ2) is 4.31. The lowest BCUT2D eigenvalue weighted by molar-refractivity contribution is 0.631. The first-order valence-corrected chi connectivity index (χ1v) is 6.58. The molecule has 4 rings (SSSR count). The number of furan rings is 1. The topological polar surface area (TPSA) is 61.7 Å². The van der Waals surface area contributed by atoms with E-state index in [2.05, 4.69) is 15.2 Å². The highest BCUT2D eigenvalue weighted by molar-refractivity contribution is 5.98. The molecule has 0 aliphatic heterocycles. The minimum atomic E-state index is 0.759. The molecule has 0 radical (unpaired) electrons. The zero-order chi connectivity index (χ0) is 14.4. The molecular formula is C15H13N5O. The fraction of sp³-hybridized carbons (Fsp3) is 0.133. The maximum absolute atomic E-state index is 6.01. The highest BCUT2D eigenvalue weighted by Gasteiger charge is 2.20. The molecule has 0 bridgehead atoms. The van der Waals surface area contributed by atoms with Crippen LogP contribution in [0.3, 0.4) is 0 Å². The van der Waals surface area contributed by atoms with Crippen LogP contribution in [0.1, 0.15) is 0 Å². The monoisotopic (exact) mass is 279 g/mol. The second-order valence-electron chi connectivity index (χ2n) is 4.96. The highest BCUT2D eigenvalue weighted by Crippen LogP contribution is 2.39. The molecule has 0 spiro atoms. The van der Waals surface area contributed by atoms with Crippen LogP contribution in [-0.2, 0) is 14.1 Å². The summed E-state index contributed by atoms with van der Waals surface area (Å²) in [6, 6.07) is 3.79. The van der Waals surface area contributed by atoms with Crippen molar-refractivity contribution in [3.05, 3.63) is 43.1 Å². The van der Waals surface area contributed by atoms with Gasteiger partial charge in [-0.2, -0.15) is 10.2 Å². The van der Waals surface area contributed by atoms with E-state index in [9.17, 15) is 0 Å². The van der Waals surface area contributed by atoms with Gasteiger partial charge in [0, 0.05) is 38.2 Å². The SMILES string of the molecule is Cn1cc(-c2oc3cccnc3c2-c2cnn(C)c2)cn1. The Bertz CT molecular complexity index is 931. The van der Waals surface area contributed by atoms with E-state index in [4.69, 9.17) is 4.42 Å². The van der Waals surface area contributed by atoms with Crippen molar-refractivity contribution in [3.8, 4) is 22.5 Å². The van der Waals surface area contributed by atoms with E-state index in [0.29, 0.717) is 0 Å². The summed E-state index contributed by atoms with van der Waals surface area (Å²) >= 11 is 0. The molecular weight excluding hydrogens is 266 g/mol. The van der Waals surface area contributed by atoms with Crippen LogP contribution in [0.2, 0.25) is 0 Å². The summed E-state index contributed by atoms with van der Waals surface area (Å²) in [7, 11) is 3.77. The fourth-order valence-electron chi connectivity index (χ4n) is 2.49. The molecule has 0 saturated carbocycles. The summed E-state index contributed by atoms with van der Waals surface area (Å²) in [5.74, 6) is 0.768. The largest absolute Gasteiger partial charge is 0.454 e. The van der Waals surface area contributed by atoms with Crippen LogP contribution in [0.15, 0.2) is 47.5 Å². The summed E-state index contributed by atoms with van der Waals surface area (Å²) in [5, 5.41) is 8.46. The number of pyridine rings is 1. The molecule has 0 saturated heterocycles. The van der Waals surface area contributed by atoms with Crippen molar-refractivity contribution >= 4 is 11.1 Å². The molecule has 0 amide bonds. The zero-order valence-electron chi connectivity index (χ0n) is 11.7. The van der Waals surface area contributed by atoms with Crippen molar-refractivity contribution in [3.63, 3.8) is 0 Å². The van der Waals surface area contributed by atoms with Crippen LogP contribution in [0, 0.1) is 0 Å². The molecule has 0 unspecified atom stereocenters. The quantitative estimate of drug-likeness (QED) is 0.566. The normalized spacial score (nSPS) is 11.3. The Balaban J connectivity index is 2.06. The number of rotatable bonds is 2. The molecule has 4 heterocycles. The van der Waals surface area contributed by atoms with Crippen molar-refractivity contribution in [1.29, 1.82) is 0 Å². The molecule has 6 heteroatoms. The molecule has 0 N–H and O–H groups in total. The third-order valence-electron chi connectivity index (χ3n) is 3.41. The van der Waals surface area contributed by atoms with E-state index in [1.54, 1.807) is 21.8 Å². The third kappa shape index (κ3) is 1.84. The van der Waals surface area contributed by atoms with Crippen LogP contribution in [0.5, 0.6) is 0 Å². The molecule has 4 aromatic rings. The first-order valence-electron chi connectivity index (χ1n) is 6.58. The zero-order valence-corrected chi connectivity index (χ0v) is 11.7. The van der Waals surface area contributed by atoms with Gasteiger partial charge < -0.3 is 4.42 Å². The molecule has 4 aromatic heterocycles. The van der Waals surface area contributed by atoms with Gasteiger partial charge in [0.1, 0.15) is 11.3 Å². The molecule has 0 aromatic carbocycles. The third-order valence-corrected chi connectivity index (χ3v) is 3.41. The Morgan fingerprint density at radius 3 is 2.38 bits per heavy atom. The number of nitrogens with zero attached hydrogens (tertiary/aromatic N) is 5. The number of aryl methyl sites for hydroxylation is 2. The lowest BCUT2D eigenvalue weighted by Crippen LogP contribution is -1.85. The van der Waals surface area contributed by atoms with Crippen LogP contribution in [0.4, 0.5) is 0 Å². The number of hydrogen-bond donors (Lipinski definition) is 0. The van der Waals surface area contributed by atoms with Gasteiger partial charge in [-0.25, -0.2) is 0 Å². The summed E-state index contributed by atoms with van der Waals surface area (Å²) in [6.45, 7) is 0. The highest BCUT2D eigenvalue weighted by atomic mass is 16.3. The van der Waals surface area contributed by atoms with Gasteiger partial charge in [0.2, 0.25) is 0 Å². The van der Waals surface area contributed by atoms with Gasteiger partial charge in [0.15, 0.2) is 5.58 Å². The van der Waals surface area contributed by atoms with Gasteiger partial charge in [-0.15, -0.1) is 0 Å². The molecule has 21 heavy (non-hydrogen) atoms. The predicted molar refractivity (Wildman–Crippen MR) is 78.4 cm³/mol. The van der Waals surface area contributed by atoms with Crippen molar-refractivity contribution in [1.82, 2.24) is 24.5 Å². The Morgan fingerprint density at radius 2 is 1.71 bits per heavy atom. The lowest BCUT2D eigenvalue weighted by atomic mass is 10.1. The molecule has 6 nitrogen and oxygen atoms in total. The first kappa shape index (κ1) is 11.9. The Morgan fingerprint density at radius 1 is 1.00 bits per heavy atom. The van der Waals surface area contributed by atoms with Crippen molar-refractivity contribution < 1.29 is 4.42 Å². The summed E-state index contributed by atoms with van der Waals surface area (Å²) in [5.41, 5.74) is 4.45. The Labute approximate surface area is 120 Å². The van der Waals surface area contributed by atoms with Crippen molar-refractivity contribution in [2.45, 2.75) is 0 Å². The van der Waals surface area contributed by atoms with Crippen molar-refractivity contribution in [2.75, 3.05) is 0 Å². The lowest BCUT2D eigenvalue weighted by Gasteiger charge is -1.97. The van der Waals surface area contributed by atoms with Gasteiger partial charge >= 0.3 is 0 Å². The van der Waals surface area contributed by atoms with E-state index in [1.165, 1.54) is 0 Å². The Hall–Kier alpha value is -2.89. The van der Waals surface area contributed by atoms with Gasteiger partial charge in [0.25, 0.3) is 0 Å². The minimum absolute atomic E-state index is 0.759. The van der Waals surface area contributed by atoms with E-state index < -0.39 is 0 Å². The average Bonchev–Trinajstić information content (AvgIpc) is 3.16. The van der Waals surface area contributed by atoms with Gasteiger partial charge in [-0.3, -0.25) is 14.3 Å². The van der Waals surface area contributed by atoms with E-state index in [-0.39, 0.29) is 0 Å². The van der Waals surface area contributed by atoms with Gasteiger partial charge in [-0.05, 0) is 12.1 Å². The minimum Gasteiger partial charge on any atom is -0.454 e. The van der Waals surface area contributed by atoms with E-state index >= 15 is 0 Å². The number of fused-ring (bicyclic) bond motifs is 1. The second-order valence-corrected chi connectivity index (χ2v) is 4.96. The molecule has 0 fully saturated rings. The van der Waals surface area contributed by atoms with Crippen molar-refractivity contribution in [2.24, 2.45) is 14.1 Å². The maximum atomic E-state index is 6.01. The number of hydrogen-bond acceptors (Lipinski definition) is 4. The molecule has 0 aliphatic rings. The fourth-order valence-corrected chi connectivity index (χ4v) is 2.49. The molecule has 104 valence electrons. The summed E-state index contributed by atoms with van der Waals surface area (Å²) < 4.78 is 9.53. The van der Waals surface area contributed by atoms with Crippen LogP contribution < -0.4 is 0 Å². The summed E-state index contributed by atoms with van der Waals surface area (Å²) in [4.78, 5) is 4.46.